The highest BCUT2D eigenvalue weighted by Gasteiger charge is 2.38. The van der Waals surface area contributed by atoms with Crippen molar-refractivity contribution in [3.8, 4) is 5.75 Å². The Morgan fingerprint density at radius 1 is 1.39 bits per heavy atom. The summed E-state index contributed by atoms with van der Waals surface area (Å²) in [6.45, 7) is 7.06. The van der Waals surface area contributed by atoms with Crippen molar-refractivity contribution in [2.75, 3.05) is 13.7 Å². The standard InChI is InChI=1S/C15H23NO2/c1-10-6-7-12(13(17-4)11(10)2)14(16)15(3)8-5-9-18-15/h6-7,14H,5,8-9,16H2,1-4H3. The maximum absolute atomic E-state index is 6.42. The molecular formula is C15H23NO2. The molecule has 2 N–H and O–H groups in total. The third-order valence-corrected chi connectivity index (χ3v) is 4.15. The maximum atomic E-state index is 6.42. The van der Waals surface area contributed by atoms with Crippen molar-refractivity contribution in [2.24, 2.45) is 5.73 Å². The first-order chi connectivity index (χ1) is 8.49. The molecule has 0 aromatic heterocycles. The van der Waals surface area contributed by atoms with Crippen molar-refractivity contribution in [1.82, 2.24) is 0 Å². The summed E-state index contributed by atoms with van der Waals surface area (Å²) in [5.74, 6) is 0.902. The Bertz CT molecular complexity index is 436. The fraction of sp³-hybridized carbons (Fsp3) is 0.600. The van der Waals surface area contributed by atoms with Crippen LogP contribution in [0.4, 0.5) is 0 Å². The summed E-state index contributed by atoms with van der Waals surface area (Å²) in [4.78, 5) is 0. The molecule has 100 valence electrons. The zero-order valence-corrected chi connectivity index (χ0v) is 11.7. The van der Waals surface area contributed by atoms with E-state index in [1.54, 1.807) is 7.11 Å². The van der Waals surface area contributed by atoms with E-state index in [1.807, 2.05) is 0 Å². The number of hydrogen-bond donors (Lipinski definition) is 1. The second kappa shape index (κ2) is 4.90. The molecule has 0 amide bonds. The van der Waals surface area contributed by atoms with Crippen LogP contribution in [0.15, 0.2) is 12.1 Å². The van der Waals surface area contributed by atoms with Crippen LogP contribution in [-0.2, 0) is 4.74 Å². The summed E-state index contributed by atoms with van der Waals surface area (Å²) < 4.78 is 11.4. The van der Waals surface area contributed by atoms with Gasteiger partial charge in [-0.2, -0.15) is 0 Å². The largest absolute Gasteiger partial charge is 0.496 e. The SMILES string of the molecule is COc1c(C(N)C2(C)CCCO2)ccc(C)c1C. The fourth-order valence-corrected chi connectivity index (χ4v) is 2.70. The number of aryl methyl sites for hydroxylation is 1. The van der Waals surface area contributed by atoms with Crippen LogP contribution in [0, 0.1) is 13.8 Å². The molecule has 1 aromatic carbocycles. The highest BCUT2D eigenvalue weighted by atomic mass is 16.5. The van der Waals surface area contributed by atoms with Crippen molar-refractivity contribution in [2.45, 2.75) is 45.3 Å². The van der Waals surface area contributed by atoms with Gasteiger partial charge < -0.3 is 15.2 Å². The quantitative estimate of drug-likeness (QED) is 0.896. The van der Waals surface area contributed by atoms with Crippen molar-refractivity contribution < 1.29 is 9.47 Å². The Labute approximate surface area is 109 Å². The molecule has 3 nitrogen and oxygen atoms in total. The normalized spacial score (nSPS) is 25.2. The summed E-state index contributed by atoms with van der Waals surface area (Å²) in [6.07, 6.45) is 2.08. The molecule has 2 atom stereocenters. The molecule has 0 aliphatic carbocycles. The van der Waals surface area contributed by atoms with Gasteiger partial charge in [0.25, 0.3) is 0 Å². The Kier molecular flexibility index (Phi) is 3.64. The molecular weight excluding hydrogens is 226 g/mol. The minimum Gasteiger partial charge on any atom is -0.496 e. The molecule has 2 rings (SSSR count). The van der Waals surface area contributed by atoms with Crippen molar-refractivity contribution in [3.63, 3.8) is 0 Å². The zero-order chi connectivity index (χ0) is 13.3. The summed E-state index contributed by atoms with van der Waals surface area (Å²) in [7, 11) is 1.70. The first-order valence-corrected chi connectivity index (χ1v) is 6.53. The van der Waals surface area contributed by atoms with Crippen molar-refractivity contribution >= 4 is 0 Å². The van der Waals surface area contributed by atoms with E-state index >= 15 is 0 Å². The van der Waals surface area contributed by atoms with E-state index in [1.165, 1.54) is 5.56 Å². The number of ether oxygens (including phenoxy) is 2. The van der Waals surface area contributed by atoms with Crippen LogP contribution in [0.25, 0.3) is 0 Å². The molecule has 0 radical (unpaired) electrons. The Morgan fingerprint density at radius 2 is 2.11 bits per heavy atom. The lowest BCUT2D eigenvalue weighted by molar-refractivity contribution is -0.00228. The van der Waals surface area contributed by atoms with Crippen LogP contribution in [0.3, 0.4) is 0 Å². The summed E-state index contributed by atoms with van der Waals surface area (Å²) >= 11 is 0. The van der Waals surface area contributed by atoms with Crippen LogP contribution < -0.4 is 10.5 Å². The van der Waals surface area contributed by atoms with Gasteiger partial charge in [-0.15, -0.1) is 0 Å². The van der Waals surface area contributed by atoms with Crippen molar-refractivity contribution in [1.29, 1.82) is 0 Å². The van der Waals surface area contributed by atoms with Gasteiger partial charge in [0.05, 0.1) is 18.8 Å². The van der Waals surface area contributed by atoms with E-state index in [4.69, 9.17) is 15.2 Å². The van der Waals surface area contributed by atoms with Crippen LogP contribution in [0.5, 0.6) is 5.75 Å². The third-order valence-electron chi connectivity index (χ3n) is 4.15. The summed E-state index contributed by atoms with van der Waals surface area (Å²) in [5, 5.41) is 0. The molecule has 1 heterocycles. The van der Waals surface area contributed by atoms with Gasteiger partial charge in [0.15, 0.2) is 0 Å². The van der Waals surface area contributed by atoms with Gasteiger partial charge in [0.2, 0.25) is 0 Å². The Morgan fingerprint density at radius 3 is 2.67 bits per heavy atom. The zero-order valence-electron chi connectivity index (χ0n) is 11.7. The monoisotopic (exact) mass is 249 g/mol. The lowest BCUT2D eigenvalue weighted by Gasteiger charge is -2.32. The van der Waals surface area contributed by atoms with Crippen LogP contribution in [-0.4, -0.2) is 19.3 Å². The van der Waals surface area contributed by atoms with Gasteiger partial charge >= 0.3 is 0 Å². The molecule has 3 heteroatoms. The van der Waals surface area contributed by atoms with Crippen LogP contribution >= 0.6 is 0 Å². The van der Waals surface area contributed by atoms with Gasteiger partial charge in [0.1, 0.15) is 5.75 Å². The number of benzene rings is 1. The predicted molar refractivity (Wildman–Crippen MR) is 73.0 cm³/mol. The molecule has 1 saturated heterocycles. The van der Waals surface area contributed by atoms with E-state index in [-0.39, 0.29) is 11.6 Å². The summed E-state index contributed by atoms with van der Waals surface area (Å²) in [5.41, 5.74) is 9.58. The van der Waals surface area contributed by atoms with Gasteiger partial charge in [-0.25, -0.2) is 0 Å². The predicted octanol–water partition coefficient (Wildman–Crippen LogP) is 2.88. The van der Waals surface area contributed by atoms with Gasteiger partial charge in [0, 0.05) is 12.2 Å². The van der Waals surface area contributed by atoms with E-state index in [9.17, 15) is 0 Å². The third kappa shape index (κ3) is 2.13. The highest BCUT2D eigenvalue weighted by molar-refractivity contribution is 5.47. The average molecular weight is 249 g/mol. The molecule has 0 saturated carbocycles. The van der Waals surface area contributed by atoms with Gasteiger partial charge in [-0.3, -0.25) is 0 Å². The molecule has 0 spiro atoms. The molecule has 18 heavy (non-hydrogen) atoms. The first-order valence-electron chi connectivity index (χ1n) is 6.53. The molecule has 1 aliphatic rings. The van der Waals surface area contributed by atoms with Crippen LogP contribution in [0.2, 0.25) is 0 Å². The minimum atomic E-state index is -0.269. The maximum Gasteiger partial charge on any atom is 0.126 e. The Balaban J connectivity index is 2.41. The lowest BCUT2D eigenvalue weighted by Crippen LogP contribution is -2.38. The highest BCUT2D eigenvalue weighted by Crippen LogP contribution is 2.40. The van der Waals surface area contributed by atoms with Crippen LogP contribution in [0.1, 0.15) is 42.5 Å². The molecule has 1 aliphatic heterocycles. The number of nitrogens with two attached hydrogens (primary N) is 1. The minimum absolute atomic E-state index is 0.144. The van der Waals surface area contributed by atoms with E-state index in [2.05, 4.69) is 32.9 Å². The van der Waals surface area contributed by atoms with Crippen molar-refractivity contribution in [3.05, 3.63) is 28.8 Å². The van der Waals surface area contributed by atoms with E-state index < -0.39 is 0 Å². The topological polar surface area (TPSA) is 44.5 Å². The summed E-state index contributed by atoms with van der Waals surface area (Å²) in [6, 6.07) is 4.03. The van der Waals surface area contributed by atoms with E-state index in [0.29, 0.717) is 0 Å². The molecule has 1 aromatic rings. The Hall–Kier alpha value is -1.06. The van der Waals surface area contributed by atoms with E-state index in [0.717, 1.165) is 36.3 Å². The van der Waals surface area contributed by atoms with Gasteiger partial charge in [-0.1, -0.05) is 12.1 Å². The smallest absolute Gasteiger partial charge is 0.126 e. The second-order valence-corrected chi connectivity index (χ2v) is 5.37. The van der Waals surface area contributed by atoms with Gasteiger partial charge in [-0.05, 0) is 44.7 Å². The number of methoxy groups -OCH3 is 1. The molecule has 2 unspecified atom stereocenters. The number of hydrogen-bond acceptors (Lipinski definition) is 3. The second-order valence-electron chi connectivity index (χ2n) is 5.37. The molecule has 1 fully saturated rings. The average Bonchev–Trinajstić information content (AvgIpc) is 2.80. The lowest BCUT2D eigenvalue weighted by atomic mass is 9.86. The first kappa shape index (κ1) is 13.4. The number of rotatable bonds is 3. The fourth-order valence-electron chi connectivity index (χ4n) is 2.70. The molecule has 0 bridgehead atoms.